The number of hydrogen-bond acceptors (Lipinski definition) is 2. The van der Waals surface area contributed by atoms with E-state index in [9.17, 15) is 26.7 Å². The first-order chi connectivity index (χ1) is 7.84. The Morgan fingerprint density at radius 1 is 1.12 bits per heavy atom. The lowest BCUT2D eigenvalue weighted by atomic mass is 10.0. The summed E-state index contributed by atoms with van der Waals surface area (Å²) in [5.74, 6) is -2.53. The Morgan fingerprint density at radius 2 is 1.65 bits per heavy atom. The van der Waals surface area contributed by atoms with Gasteiger partial charge in [-0.25, -0.2) is 0 Å². The first-order valence-corrected chi connectivity index (χ1v) is 4.41. The minimum Gasteiger partial charge on any atom is -0.435 e. The molecule has 0 aromatic heterocycles. The third kappa shape index (κ3) is 3.69. The predicted molar refractivity (Wildman–Crippen MR) is 47.9 cm³/mol. The molecule has 1 unspecified atom stereocenters. The molecular formula is C10H7F5O2. The van der Waals surface area contributed by atoms with Crippen LogP contribution in [0.3, 0.4) is 0 Å². The Labute approximate surface area is 93.0 Å². The van der Waals surface area contributed by atoms with E-state index in [1.807, 2.05) is 0 Å². The maximum atomic E-state index is 12.3. The van der Waals surface area contributed by atoms with Crippen LogP contribution < -0.4 is 4.74 Å². The van der Waals surface area contributed by atoms with Gasteiger partial charge in [-0.2, -0.15) is 22.0 Å². The van der Waals surface area contributed by atoms with Crippen molar-refractivity contribution in [3.05, 3.63) is 29.8 Å². The molecule has 0 N–H and O–H groups in total. The summed E-state index contributed by atoms with van der Waals surface area (Å²) in [6.07, 6.45) is -4.95. The second kappa shape index (κ2) is 5.11. The van der Waals surface area contributed by atoms with Gasteiger partial charge < -0.3 is 9.53 Å². The van der Waals surface area contributed by atoms with Crippen molar-refractivity contribution in [3.63, 3.8) is 0 Å². The molecule has 0 aliphatic rings. The summed E-state index contributed by atoms with van der Waals surface area (Å²) in [6.45, 7) is -3.05. The molecule has 0 fully saturated rings. The Hall–Kier alpha value is -1.66. The van der Waals surface area contributed by atoms with E-state index in [0.29, 0.717) is 0 Å². The van der Waals surface area contributed by atoms with Crippen molar-refractivity contribution in [1.29, 1.82) is 0 Å². The van der Waals surface area contributed by atoms with Crippen LogP contribution in [0, 0.1) is 0 Å². The van der Waals surface area contributed by atoms with Crippen LogP contribution in [0.4, 0.5) is 22.0 Å². The van der Waals surface area contributed by atoms with Crippen molar-refractivity contribution in [2.75, 3.05) is 0 Å². The lowest BCUT2D eigenvalue weighted by molar-refractivity contribution is -0.156. The fraction of sp³-hybridized carbons (Fsp3) is 0.300. The standard InChI is InChI=1S/C10H7F5O2/c11-9(12)17-7-3-1-6(2-4-7)8(5-16)10(13,14)15/h1-5,8-9H. The molecule has 2 nitrogen and oxygen atoms in total. The van der Waals surface area contributed by atoms with Gasteiger partial charge in [0.05, 0.1) is 0 Å². The molecule has 0 saturated carbocycles. The zero-order valence-corrected chi connectivity index (χ0v) is 8.25. The third-order valence-electron chi connectivity index (χ3n) is 1.95. The van der Waals surface area contributed by atoms with Crippen LogP contribution in [0.5, 0.6) is 5.75 Å². The highest BCUT2D eigenvalue weighted by Gasteiger charge is 2.40. The molecule has 1 aromatic carbocycles. The molecule has 0 saturated heterocycles. The van der Waals surface area contributed by atoms with E-state index < -0.39 is 18.7 Å². The van der Waals surface area contributed by atoms with Gasteiger partial charge in [0.1, 0.15) is 18.0 Å². The summed E-state index contributed by atoms with van der Waals surface area (Å²) in [5.41, 5.74) is -0.325. The highest BCUT2D eigenvalue weighted by atomic mass is 19.4. The molecular weight excluding hydrogens is 247 g/mol. The molecule has 0 radical (unpaired) electrons. The summed E-state index contributed by atoms with van der Waals surface area (Å²) in [4.78, 5) is 10.3. The molecule has 17 heavy (non-hydrogen) atoms. The van der Waals surface area contributed by atoms with E-state index in [0.717, 1.165) is 24.3 Å². The van der Waals surface area contributed by atoms with Crippen molar-refractivity contribution in [2.24, 2.45) is 0 Å². The van der Waals surface area contributed by atoms with Gasteiger partial charge in [0, 0.05) is 0 Å². The van der Waals surface area contributed by atoms with Crippen LogP contribution in [-0.4, -0.2) is 19.1 Å². The highest BCUT2D eigenvalue weighted by molar-refractivity contribution is 5.63. The molecule has 0 aliphatic heterocycles. The predicted octanol–water partition coefficient (Wildman–Crippen LogP) is 3.13. The minimum atomic E-state index is -4.70. The number of hydrogen-bond donors (Lipinski definition) is 0. The summed E-state index contributed by atoms with van der Waals surface area (Å²) in [7, 11) is 0. The molecule has 0 heterocycles. The molecule has 94 valence electrons. The van der Waals surface area contributed by atoms with E-state index in [1.165, 1.54) is 0 Å². The van der Waals surface area contributed by atoms with Gasteiger partial charge in [-0.3, -0.25) is 0 Å². The molecule has 0 aliphatic carbocycles. The minimum absolute atomic E-state index is 0.247. The number of halogens is 5. The van der Waals surface area contributed by atoms with E-state index in [4.69, 9.17) is 0 Å². The van der Waals surface area contributed by atoms with Gasteiger partial charge in [0.15, 0.2) is 0 Å². The number of benzene rings is 1. The van der Waals surface area contributed by atoms with Crippen LogP contribution in [0.2, 0.25) is 0 Å². The fourth-order valence-corrected chi connectivity index (χ4v) is 1.20. The van der Waals surface area contributed by atoms with Crippen molar-refractivity contribution in [1.82, 2.24) is 0 Å². The van der Waals surface area contributed by atoms with Crippen LogP contribution >= 0.6 is 0 Å². The van der Waals surface area contributed by atoms with Crippen molar-refractivity contribution < 1.29 is 31.5 Å². The summed E-state index contributed by atoms with van der Waals surface area (Å²) < 4.78 is 64.5. The number of rotatable bonds is 4. The Kier molecular flexibility index (Phi) is 4.03. The molecule has 0 spiro atoms. The Morgan fingerprint density at radius 3 is 2.00 bits per heavy atom. The summed E-state index contributed by atoms with van der Waals surface area (Å²) in [5, 5.41) is 0. The topological polar surface area (TPSA) is 26.3 Å². The van der Waals surface area contributed by atoms with Crippen molar-refractivity contribution in [2.45, 2.75) is 18.7 Å². The largest absolute Gasteiger partial charge is 0.435 e. The Balaban J connectivity index is 2.89. The maximum Gasteiger partial charge on any atom is 0.402 e. The van der Waals surface area contributed by atoms with Gasteiger partial charge in [-0.15, -0.1) is 0 Å². The molecule has 0 bridgehead atoms. The van der Waals surface area contributed by atoms with E-state index in [2.05, 4.69) is 4.74 Å². The van der Waals surface area contributed by atoms with E-state index in [-0.39, 0.29) is 17.6 Å². The third-order valence-corrected chi connectivity index (χ3v) is 1.95. The van der Waals surface area contributed by atoms with Gasteiger partial charge >= 0.3 is 12.8 Å². The number of aldehydes is 1. The zero-order chi connectivity index (χ0) is 13.1. The average molecular weight is 254 g/mol. The van der Waals surface area contributed by atoms with Gasteiger partial charge in [-0.05, 0) is 17.7 Å². The number of ether oxygens (including phenoxy) is 1. The quantitative estimate of drug-likeness (QED) is 0.609. The van der Waals surface area contributed by atoms with Gasteiger partial charge in [-0.1, -0.05) is 12.1 Å². The number of alkyl halides is 5. The maximum absolute atomic E-state index is 12.3. The van der Waals surface area contributed by atoms with Crippen LogP contribution in [0.25, 0.3) is 0 Å². The SMILES string of the molecule is O=CC(c1ccc(OC(F)F)cc1)C(F)(F)F. The van der Waals surface area contributed by atoms with Crippen LogP contribution in [0.1, 0.15) is 11.5 Å². The van der Waals surface area contributed by atoms with E-state index >= 15 is 0 Å². The highest BCUT2D eigenvalue weighted by Crippen LogP contribution is 2.33. The lowest BCUT2D eigenvalue weighted by Gasteiger charge is -2.15. The number of carbonyl (C=O) groups is 1. The molecule has 7 heteroatoms. The molecule has 1 rings (SSSR count). The monoisotopic (exact) mass is 254 g/mol. The first kappa shape index (κ1) is 13.4. The van der Waals surface area contributed by atoms with Crippen LogP contribution in [0.15, 0.2) is 24.3 Å². The zero-order valence-electron chi connectivity index (χ0n) is 8.25. The van der Waals surface area contributed by atoms with Crippen LogP contribution in [-0.2, 0) is 4.79 Å². The fourth-order valence-electron chi connectivity index (χ4n) is 1.20. The van der Waals surface area contributed by atoms with E-state index in [1.54, 1.807) is 0 Å². The summed E-state index contributed by atoms with van der Waals surface area (Å²) >= 11 is 0. The van der Waals surface area contributed by atoms with Crippen molar-refractivity contribution in [3.8, 4) is 5.75 Å². The van der Waals surface area contributed by atoms with Gasteiger partial charge in [0.2, 0.25) is 0 Å². The lowest BCUT2D eigenvalue weighted by Crippen LogP contribution is -2.21. The smallest absolute Gasteiger partial charge is 0.402 e. The molecule has 1 atom stereocenters. The number of carbonyl (C=O) groups excluding carboxylic acids is 1. The second-order valence-electron chi connectivity index (χ2n) is 3.10. The normalized spacial score (nSPS) is 13.5. The summed E-state index contributed by atoms with van der Waals surface area (Å²) in [6, 6.07) is 3.74. The first-order valence-electron chi connectivity index (χ1n) is 4.41. The Bertz CT molecular complexity index is 371. The second-order valence-corrected chi connectivity index (χ2v) is 3.10. The molecule has 1 aromatic rings. The van der Waals surface area contributed by atoms with Gasteiger partial charge in [0.25, 0.3) is 0 Å². The average Bonchev–Trinajstić information content (AvgIpc) is 2.18. The molecule has 0 amide bonds. The van der Waals surface area contributed by atoms with Crippen molar-refractivity contribution >= 4 is 6.29 Å².